The summed E-state index contributed by atoms with van der Waals surface area (Å²) in [5, 5.41) is 2.47. The molecule has 0 saturated carbocycles. The molecule has 0 aliphatic rings. The first kappa shape index (κ1) is 24.3. The van der Waals surface area contributed by atoms with Gasteiger partial charge in [-0.25, -0.2) is 8.60 Å². The SMILES string of the molecule is Cc1c(F)cc(C(=O)NCc2ccc(CS(=O)O)cc2)c(=O)n1-c1cccc(C(F)(F)F)c1. The van der Waals surface area contributed by atoms with Gasteiger partial charge in [-0.3, -0.25) is 14.2 Å². The van der Waals surface area contributed by atoms with Crippen LogP contribution in [-0.4, -0.2) is 19.2 Å². The topological polar surface area (TPSA) is 88.4 Å². The Kier molecular flexibility index (Phi) is 7.13. The first-order valence-electron chi connectivity index (χ1n) is 9.50. The van der Waals surface area contributed by atoms with Crippen molar-refractivity contribution in [3.05, 3.63) is 98.7 Å². The number of halogens is 4. The zero-order valence-corrected chi connectivity index (χ0v) is 18.0. The Balaban J connectivity index is 1.89. The molecule has 2 N–H and O–H groups in total. The van der Waals surface area contributed by atoms with Crippen LogP contribution in [0.1, 0.15) is 32.7 Å². The summed E-state index contributed by atoms with van der Waals surface area (Å²) in [4.78, 5) is 25.5. The van der Waals surface area contributed by atoms with Crippen molar-refractivity contribution in [3.8, 4) is 5.69 Å². The molecule has 1 aromatic heterocycles. The van der Waals surface area contributed by atoms with Crippen LogP contribution in [0.4, 0.5) is 17.6 Å². The third-order valence-electron chi connectivity index (χ3n) is 4.83. The Hall–Kier alpha value is -3.31. The van der Waals surface area contributed by atoms with Gasteiger partial charge in [-0.05, 0) is 42.3 Å². The lowest BCUT2D eigenvalue weighted by atomic mass is 10.1. The molecule has 6 nitrogen and oxygen atoms in total. The molecule has 0 radical (unpaired) electrons. The van der Waals surface area contributed by atoms with Crippen LogP contribution in [0, 0.1) is 12.7 Å². The number of hydrogen-bond acceptors (Lipinski definition) is 3. The van der Waals surface area contributed by atoms with Crippen LogP contribution in [0.3, 0.4) is 0 Å². The molecule has 3 rings (SSSR count). The van der Waals surface area contributed by atoms with Crippen LogP contribution in [0.25, 0.3) is 5.69 Å². The number of alkyl halides is 3. The summed E-state index contributed by atoms with van der Waals surface area (Å²) in [5.74, 6) is -1.89. The maximum Gasteiger partial charge on any atom is 0.416 e. The van der Waals surface area contributed by atoms with Gasteiger partial charge < -0.3 is 9.87 Å². The molecule has 174 valence electrons. The van der Waals surface area contributed by atoms with Crippen molar-refractivity contribution >= 4 is 17.0 Å². The average molecular weight is 482 g/mol. The van der Waals surface area contributed by atoms with E-state index in [4.69, 9.17) is 4.55 Å². The van der Waals surface area contributed by atoms with E-state index in [-0.39, 0.29) is 23.7 Å². The highest BCUT2D eigenvalue weighted by Gasteiger charge is 2.31. The van der Waals surface area contributed by atoms with Gasteiger partial charge in [0.15, 0.2) is 11.1 Å². The minimum atomic E-state index is -4.66. The van der Waals surface area contributed by atoms with Gasteiger partial charge in [0, 0.05) is 12.2 Å². The summed E-state index contributed by atoms with van der Waals surface area (Å²) in [6.45, 7) is 1.19. The van der Waals surface area contributed by atoms with E-state index in [1.54, 1.807) is 24.3 Å². The van der Waals surface area contributed by atoms with Gasteiger partial charge >= 0.3 is 6.18 Å². The van der Waals surface area contributed by atoms with E-state index in [1.807, 2.05) is 0 Å². The third kappa shape index (κ3) is 5.74. The van der Waals surface area contributed by atoms with Gasteiger partial charge in [-0.2, -0.15) is 13.2 Å². The van der Waals surface area contributed by atoms with Crippen molar-refractivity contribution < 1.29 is 31.1 Å². The molecule has 1 unspecified atom stereocenters. The fourth-order valence-electron chi connectivity index (χ4n) is 3.14. The molecular formula is C22H18F4N2O4S. The number of nitrogens with one attached hydrogen (secondary N) is 1. The Morgan fingerprint density at radius 1 is 1.09 bits per heavy atom. The minimum Gasteiger partial charge on any atom is -0.348 e. The molecule has 0 aliphatic carbocycles. The maximum atomic E-state index is 14.5. The van der Waals surface area contributed by atoms with E-state index in [1.165, 1.54) is 13.0 Å². The highest BCUT2D eigenvalue weighted by molar-refractivity contribution is 7.78. The van der Waals surface area contributed by atoms with Crippen LogP contribution < -0.4 is 10.9 Å². The zero-order chi connectivity index (χ0) is 24.3. The monoisotopic (exact) mass is 482 g/mol. The minimum absolute atomic E-state index is 0.0280. The highest BCUT2D eigenvalue weighted by atomic mass is 32.2. The summed E-state index contributed by atoms with van der Waals surface area (Å²) in [7, 11) is 0. The number of aromatic nitrogens is 1. The average Bonchev–Trinajstić information content (AvgIpc) is 2.75. The number of carbonyl (C=O) groups is 1. The molecule has 0 bridgehead atoms. The predicted molar refractivity (Wildman–Crippen MR) is 114 cm³/mol. The normalized spacial score (nSPS) is 12.4. The molecule has 1 amide bonds. The van der Waals surface area contributed by atoms with E-state index < -0.39 is 45.7 Å². The van der Waals surface area contributed by atoms with E-state index in [9.17, 15) is 31.4 Å². The van der Waals surface area contributed by atoms with Crippen LogP contribution in [0.15, 0.2) is 59.4 Å². The summed E-state index contributed by atoms with van der Waals surface area (Å²) in [5.41, 5.74) is -1.80. The molecule has 1 atom stereocenters. The van der Waals surface area contributed by atoms with E-state index in [0.29, 0.717) is 17.2 Å². The molecule has 0 aliphatic heterocycles. The summed E-state index contributed by atoms with van der Waals surface area (Å²) >= 11 is -2.00. The summed E-state index contributed by atoms with van der Waals surface area (Å²) < 4.78 is 74.2. The molecule has 1 heterocycles. The maximum absolute atomic E-state index is 14.5. The third-order valence-corrected chi connectivity index (χ3v) is 5.41. The second-order valence-corrected chi connectivity index (χ2v) is 8.08. The first-order valence-corrected chi connectivity index (χ1v) is 10.8. The lowest BCUT2D eigenvalue weighted by Gasteiger charge is -2.15. The quantitative estimate of drug-likeness (QED) is 0.411. The number of hydrogen-bond donors (Lipinski definition) is 2. The fraction of sp³-hybridized carbons (Fsp3) is 0.182. The second-order valence-electron chi connectivity index (χ2n) is 7.15. The number of benzene rings is 2. The smallest absolute Gasteiger partial charge is 0.348 e. The number of pyridine rings is 1. The molecule has 3 aromatic rings. The Labute approximate surface area is 188 Å². The second kappa shape index (κ2) is 9.67. The van der Waals surface area contributed by atoms with Crippen LogP contribution in [-0.2, 0) is 29.6 Å². The van der Waals surface area contributed by atoms with Gasteiger partial charge in [-0.1, -0.05) is 30.3 Å². The first-order chi connectivity index (χ1) is 15.5. The number of amides is 1. The summed E-state index contributed by atoms with van der Waals surface area (Å²) in [6, 6.07) is 11.0. The van der Waals surface area contributed by atoms with Gasteiger partial charge in [0.1, 0.15) is 11.4 Å². The lowest BCUT2D eigenvalue weighted by molar-refractivity contribution is -0.137. The van der Waals surface area contributed by atoms with Crippen molar-refractivity contribution in [2.75, 3.05) is 0 Å². The Morgan fingerprint density at radius 3 is 2.33 bits per heavy atom. The molecule has 0 spiro atoms. The standard InChI is InChI=1S/C22H18F4N2O4S/c1-13-19(23)10-18(20(29)27-11-14-5-7-15(8-6-14)12-33(31)32)21(30)28(13)17-4-2-3-16(9-17)22(24,25)26/h2-10H,11-12H2,1H3,(H,27,29)(H,31,32). The zero-order valence-electron chi connectivity index (χ0n) is 17.1. The van der Waals surface area contributed by atoms with E-state index in [0.717, 1.165) is 22.8 Å². The van der Waals surface area contributed by atoms with Crippen molar-refractivity contribution in [1.82, 2.24) is 9.88 Å². The van der Waals surface area contributed by atoms with Crippen LogP contribution >= 0.6 is 0 Å². The molecule has 0 saturated heterocycles. The van der Waals surface area contributed by atoms with Crippen LogP contribution in [0.5, 0.6) is 0 Å². The number of nitrogens with zero attached hydrogens (tertiary/aromatic N) is 1. The van der Waals surface area contributed by atoms with Crippen molar-refractivity contribution in [2.45, 2.75) is 25.4 Å². The molecule has 33 heavy (non-hydrogen) atoms. The van der Waals surface area contributed by atoms with Gasteiger partial charge in [0.2, 0.25) is 0 Å². The largest absolute Gasteiger partial charge is 0.416 e. The molecule has 11 heteroatoms. The van der Waals surface area contributed by atoms with Crippen molar-refractivity contribution in [2.24, 2.45) is 0 Å². The predicted octanol–water partition coefficient (Wildman–Crippen LogP) is 3.96. The van der Waals surface area contributed by atoms with Crippen LogP contribution in [0.2, 0.25) is 0 Å². The van der Waals surface area contributed by atoms with Gasteiger partial charge in [0.25, 0.3) is 11.5 Å². The van der Waals surface area contributed by atoms with Crippen molar-refractivity contribution in [3.63, 3.8) is 0 Å². The fourth-order valence-corrected chi connectivity index (χ4v) is 3.62. The van der Waals surface area contributed by atoms with Gasteiger partial charge in [0.05, 0.1) is 17.0 Å². The van der Waals surface area contributed by atoms with Crippen molar-refractivity contribution in [1.29, 1.82) is 0 Å². The molecule has 2 aromatic carbocycles. The summed E-state index contributed by atoms with van der Waals surface area (Å²) in [6.07, 6.45) is -4.66. The van der Waals surface area contributed by atoms with E-state index in [2.05, 4.69) is 5.32 Å². The number of rotatable bonds is 6. The lowest BCUT2D eigenvalue weighted by Crippen LogP contribution is -2.34. The molecule has 0 fully saturated rings. The number of carbonyl (C=O) groups excluding carboxylic acids is 1. The van der Waals surface area contributed by atoms with Gasteiger partial charge in [-0.15, -0.1) is 0 Å². The molecular weight excluding hydrogens is 464 g/mol. The Bertz CT molecular complexity index is 1270. The Morgan fingerprint density at radius 2 is 1.73 bits per heavy atom. The van der Waals surface area contributed by atoms with E-state index >= 15 is 0 Å². The highest BCUT2D eigenvalue weighted by Crippen LogP contribution is 2.30.